The number of oxime groups is 1. The van der Waals surface area contributed by atoms with Crippen LogP contribution in [0, 0.1) is 0 Å². The van der Waals surface area contributed by atoms with Crippen molar-refractivity contribution in [3.8, 4) is 0 Å². The summed E-state index contributed by atoms with van der Waals surface area (Å²) in [7, 11) is -4.97. The van der Waals surface area contributed by atoms with Gasteiger partial charge >= 0.3 is 16.3 Å². The van der Waals surface area contributed by atoms with Crippen molar-refractivity contribution >= 4 is 50.3 Å². The first-order valence-electron chi connectivity index (χ1n) is 11.6. The lowest BCUT2D eigenvalue weighted by Gasteiger charge is -2.43. The monoisotopic (exact) mass is 586 g/mol. The third-order valence-electron chi connectivity index (χ3n) is 5.89. The molecule has 0 spiro atoms. The fourth-order valence-corrected chi connectivity index (χ4v) is 5.07. The zero-order valence-electron chi connectivity index (χ0n) is 20.3. The van der Waals surface area contributed by atoms with E-state index in [2.05, 4.69) is 31.0 Å². The average molecular weight is 587 g/mol. The molecule has 4 rings (SSSR count). The van der Waals surface area contributed by atoms with Crippen LogP contribution in [-0.2, 0) is 42.6 Å². The van der Waals surface area contributed by atoms with E-state index in [-0.39, 0.29) is 34.5 Å². The van der Waals surface area contributed by atoms with Gasteiger partial charge in [-0.2, -0.15) is 23.4 Å². The molecule has 212 valence electrons. The van der Waals surface area contributed by atoms with Crippen molar-refractivity contribution in [3.63, 3.8) is 0 Å². The third kappa shape index (κ3) is 6.30. The minimum Gasteiger partial charge on any atom is -0.478 e. The molecule has 0 radical (unpaired) electrons. The fourth-order valence-electron chi connectivity index (χ4n) is 3.65. The van der Waals surface area contributed by atoms with Gasteiger partial charge in [-0.1, -0.05) is 5.16 Å². The Kier molecular flexibility index (Phi) is 8.11. The Morgan fingerprint density at radius 1 is 1.36 bits per heavy atom. The van der Waals surface area contributed by atoms with E-state index in [0.717, 1.165) is 22.6 Å². The number of aromatic nitrogens is 4. The molecule has 2 aromatic heterocycles. The van der Waals surface area contributed by atoms with Crippen molar-refractivity contribution in [1.82, 2.24) is 34.9 Å². The van der Waals surface area contributed by atoms with Gasteiger partial charge in [-0.25, -0.2) is 14.1 Å². The minimum absolute atomic E-state index is 0.0494. The number of anilines is 1. The molecule has 20 heteroatoms. The number of carboxylic acid groups (broad SMARTS) is 1. The highest BCUT2D eigenvalue weighted by atomic mass is 32.2. The van der Waals surface area contributed by atoms with Crippen LogP contribution in [0.15, 0.2) is 16.7 Å². The lowest BCUT2D eigenvalue weighted by Crippen LogP contribution is -2.73. The molecule has 0 aromatic carbocycles. The molecule has 39 heavy (non-hydrogen) atoms. The Hall–Kier alpha value is -3.72. The van der Waals surface area contributed by atoms with Gasteiger partial charge in [-0.15, -0.1) is 11.3 Å². The topological polar surface area (TPSA) is 270 Å². The van der Waals surface area contributed by atoms with Crippen molar-refractivity contribution in [2.45, 2.75) is 50.0 Å². The predicted octanol–water partition coefficient (Wildman–Crippen LogP) is -2.71. The van der Waals surface area contributed by atoms with Gasteiger partial charge in [0.2, 0.25) is 5.60 Å². The second-order valence-electron chi connectivity index (χ2n) is 8.74. The molecular weight excluding hydrogens is 560 g/mol. The first-order chi connectivity index (χ1) is 18.4. The molecule has 3 heterocycles. The van der Waals surface area contributed by atoms with E-state index in [1.165, 1.54) is 11.6 Å². The molecule has 2 aliphatic rings. The van der Waals surface area contributed by atoms with Crippen LogP contribution >= 0.6 is 11.3 Å². The number of thiazole rings is 1. The standard InChI is InChI=1S/C19H26N10O8S2/c20-4-1-5-22-6-10-7-23-28(26-10)8-12-14(16(31)29(12)39(34,35)36)25-15(30)13(11-9-38-18(21)24-11)27-37-19(2-3-19)17(32)33/h7,9,12,14,22H,1-6,8,20H2,(H2,21,24)(H,25,30)(H,32,33)(H,34,35,36)/b27-13-. The van der Waals surface area contributed by atoms with Gasteiger partial charge in [0.25, 0.3) is 11.8 Å². The maximum Gasteiger partial charge on any atom is 0.362 e. The van der Waals surface area contributed by atoms with Crippen LogP contribution in [0.3, 0.4) is 0 Å². The number of carbonyl (C=O) groups excluding carboxylic acids is 2. The van der Waals surface area contributed by atoms with Gasteiger partial charge in [0.05, 0.1) is 18.4 Å². The third-order valence-corrected chi connectivity index (χ3v) is 7.51. The van der Waals surface area contributed by atoms with Gasteiger partial charge < -0.3 is 32.0 Å². The molecule has 8 N–H and O–H groups in total. The molecular formula is C19H26N10O8S2. The number of β-lactam (4-membered cyclic amide) rings is 1. The summed E-state index contributed by atoms with van der Waals surface area (Å²) in [6, 6.07) is -2.73. The number of amides is 2. The Labute approximate surface area is 225 Å². The van der Waals surface area contributed by atoms with E-state index in [9.17, 15) is 32.5 Å². The van der Waals surface area contributed by atoms with E-state index in [1.807, 2.05) is 0 Å². The zero-order valence-corrected chi connectivity index (χ0v) is 21.9. The predicted molar refractivity (Wildman–Crippen MR) is 133 cm³/mol. The number of carbonyl (C=O) groups is 3. The molecule has 2 unspecified atom stereocenters. The molecule has 1 aliphatic carbocycles. The smallest absolute Gasteiger partial charge is 0.362 e. The molecule has 1 aliphatic heterocycles. The summed E-state index contributed by atoms with van der Waals surface area (Å²) in [5.74, 6) is -3.39. The summed E-state index contributed by atoms with van der Waals surface area (Å²) >= 11 is 0.976. The Bertz CT molecular complexity index is 1390. The Morgan fingerprint density at radius 3 is 2.69 bits per heavy atom. The maximum atomic E-state index is 13.2. The summed E-state index contributed by atoms with van der Waals surface area (Å²) in [5, 5.41) is 28.2. The zero-order chi connectivity index (χ0) is 28.4. The van der Waals surface area contributed by atoms with Crippen LogP contribution in [0.4, 0.5) is 5.13 Å². The number of nitrogens with two attached hydrogens (primary N) is 2. The number of hydrogen-bond donors (Lipinski definition) is 6. The maximum absolute atomic E-state index is 13.2. The average Bonchev–Trinajstić information content (AvgIpc) is 3.33. The Morgan fingerprint density at radius 2 is 2.10 bits per heavy atom. The Balaban J connectivity index is 1.51. The first-order valence-corrected chi connectivity index (χ1v) is 13.8. The molecule has 2 aromatic rings. The van der Waals surface area contributed by atoms with E-state index in [1.54, 1.807) is 0 Å². The van der Waals surface area contributed by atoms with Crippen LogP contribution in [-0.4, -0.2) is 96.6 Å². The summed E-state index contributed by atoms with van der Waals surface area (Å²) < 4.78 is 33.5. The van der Waals surface area contributed by atoms with Crippen molar-refractivity contribution in [1.29, 1.82) is 0 Å². The number of nitrogens with one attached hydrogen (secondary N) is 2. The minimum atomic E-state index is -4.97. The lowest BCUT2D eigenvalue weighted by atomic mass is 9.98. The van der Waals surface area contributed by atoms with Crippen LogP contribution in [0.2, 0.25) is 0 Å². The number of rotatable bonds is 14. The highest BCUT2D eigenvalue weighted by Crippen LogP contribution is 2.40. The SMILES string of the molecule is NCCCNCc1cnn(CC2C(NC(=O)/C(=N\OC3(C(=O)O)CC3)c3csc(N)n3)C(=O)N2S(=O)(=O)O)n1. The van der Waals surface area contributed by atoms with Crippen molar-refractivity contribution in [2.24, 2.45) is 10.9 Å². The van der Waals surface area contributed by atoms with Crippen LogP contribution < -0.4 is 22.1 Å². The summed E-state index contributed by atoms with van der Waals surface area (Å²) in [6.45, 7) is 1.23. The fraction of sp³-hybridized carbons (Fsp3) is 0.526. The number of aliphatic carboxylic acids is 1. The van der Waals surface area contributed by atoms with E-state index < -0.39 is 51.5 Å². The van der Waals surface area contributed by atoms with E-state index in [0.29, 0.717) is 25.3 Å². The number of nitrogen functional groups attached to an aromatic ring is 1. The van der Waals surface area contributed by atoms with Crippen molar-refractivity contribution in [2.75, 3.05) is 18.8 Å². The number of hydrogen-bond acceptors (Lipinski definition) is 14. The molecule has 2 amide bonds. The number of carboxylic acids is 1. The van der Waals surface area contributed by atoms with Crippen molar-refractivity contribution in [3.05, 3.63) is 23.0 Å². The number of nitrogens with zero attached hydrogens (tertiary/aromatic N) is 6. The van der Waals surface area contributed by atoms with Gasteiger partial charge in [-0.05, 0) is 19.5 Å². The van der Waals surface area contributed by atoms with Gasteiger partial charge in [0.1, 0.15) is 17.8 Å². The quantitative estimate of drug-likeness (QED) is 0.0432. The summed E-state index contributed by atoms with van der Waals surface area (Å²) in [4.78, 5) is 47.5. The highest BCUT2D eigenvalue weighted by molar-refractivity contribution is 7.84. The second-order valence-corrected chi connectivity index (χ2v) is 10.9. The van der Waals surface area contributed by atoms with Crippen LogP contribution in [0.1, 0.15) is 30.7 Å². The van der Waals surface area contributed by atoms with Gasteiger partial charge in [-0.3, -0.25) is 14.1 Å². The highest BCUT2D eigenvalue weighted by Gasteiger charge is 2.56. The van der Waals surface area contributed by atoms with Crippen LogP contribution in [0.5, 0.6) is 0 Å². The molecule has 18 nitrogen and oxygen atoms in total. The summed E-state index contributed by atoms with van der Waals surface area (Å²) in [6.07, 6.45) is 2.54. The molecule has 1 saturated carbocycles. The molecule has 0 bridgehead atoms. The molecule has 2 fully saturated rings. The van der Waals surface area contributed by atoms with Crippen LogP contribution in [0.25, 0.3) is 0 Å². The normalized spacial score (nSPS) is 20.4. The van der Waals surface area contributed by atoms with Crippen molar-refractivity contribution < 1.29 is 37.3 Å². The lowest BCUT2D eigenvalue weighted by molar-refractivity contribution is -0.153. The largest absolute Gasteiger partial charge is 0.478 e. The van der Waals surface area contributed by atoms with Gasteiger partial charge in [0.15, 0.2) is 10.8 Å². The van der Waals surface area contributed by atoms with E-state index >= 15 is 0 Å². The van der Waals surface area contributed by atoms with Gasteiger partial charge in [0, 0.05) is 24.8 Å². The first kappa shape index (κ1) is 28.3. The molecule has 1 saturated heterocycles. The summed E-state index contributed by atoms with van der Waals surface area (Å²) in [5.41, 5.74) is 9.52. The second kappa shape index (κ2) is 11.2. The van der Waals surface area contributed by atoms with E-state index in [4.69, 9.17) is 16.3 Å². The molecule has 2 atom stereocenters.